The summed E-state index contributed by atoms with van der Waals surface area (Å²) in [6.07, 6.45) is -0.529. The normalized spacial score (nSPS) is 14.9. The predicted octanol–water partition coefficient (Wildman–Crippen LogP) is 4.53. The van der Waals surface area contributed by atoms with Crippen LogP contribution < -0.4 is 9.64 Å². The molecule has 1 aliphatic heterocycles. The second kappa shape index (κ2) is 9.57. The van der Waals surface area contributed by atoms with Gasteiger partial charge in [-0.1, -0.05) is 35.9 Å². The number of carbonyl (C=O) groups excluding carboxylic acids is 1. The van der Waals surface area contributed by atoms with Crippen LogP contribution in [0.3, 0.4) is 0 Å². The number of benzene rings is 2. The Morgan fingerprint density at radius 1 is 0.969 bits per heavy atom. The molecule has 1 fully saturated rings. The fraction of sp³-hybridized carbons (Fsp3) is 0.320. The SMILES string of the molecule is Cc1ccc(OC(C)C(=O)N2CCN(c3ccc(-c4ccccc4Cl)nn3)CC2)cc1C. The Hall–Kier alpha value is -3.12. The summed E-state index contributed by atoms with van der Waals surface area (Å²) in [7, 11) is 0. The molecule has 3 aromatic rings. The minimum Gasteiger partial charge on any atom is -0.481 e. The van der Waals surface area contributed by atoms with Crippen molar-refractivity contribution in [3.63, 3.8) is 0 Å². The van der Waals surface area contributed by atoms with Crippen LogP contribution in [0.2, 0.25) is 5.02 Å². The quantitative estimate of drug-likeness (QED) is 0.571. The van der Waals surface area contributed by atoms with Crippen LogP contribution in [0.5, 0.6) is 5.75 Å². The van der Waals surface area contributed by atoms with Gasteiger partial charge < -0.3 is 14.5 Å². The van der Waals surface area contributed by atoms with E-state index in [1.54, 1.807) is 0 Å². The van der Waals surface area contributed by atoms with Crippen LogP contribution in [-0.4, -0.2) is 53.3 Å². The molecule has 0 spiro atoms. The van der Waals surface area contributed by atoms with E-state index in [1.165, 1.54) is 5.56 Å². The molecule has 0 radical (unpaired) electrons. The maximum Gasteiger partial charge on any atom is 0.263 e. The number of piperazine rings is 1. The van der Waals surface area contributed by atoms with Crippen molar-refractivity contribution in [1.29, 1.82) is 0 Å². The predicted molar refractivity (Wildman–Crippen MR) is 127 cm³/mol. The number of amides is 1. The van der Waals surface area contributed by atoms with Gasteiger partial charge in [0, 0.05) is 31.7 Å². The second-order valence-corrected chi connectivity index (χ2v) is 8.48. The third-order valence-electron chi connectivity index (χ3n) is 5.85. The highest BCUT2D eigenvalue weighted by molar-refractivity contribution is 6.33. The van der Waals surface area contributed by atoms with E-state index in [2.05, 4.69) is 22.0 Å². The number of ether oxygens (including phenoxy) is 1. The lowest BCUT2D eigenvalue weighted by molar-refractivity contribution is -0.138. The topological polar surface area (TPSA) is 58.6 Å². The van der Waals surface area contributed by atoms with Crippen molar-refractivity contribution in [2.75, 3.05) is 31.1 Å². The minimum atomic E-state index is -0.529. The van der Waals surface area contributed by atoms with Crippen molar-refractivity contribution in [3.8, 4) is 17.0 Å². The number of anilines is 1. The van der Waals surface area contributed by atoms with Crippen molar-refractivity contribution in [3.05, 3.63) is 70.7 Å². The Labute approximate surface area is 193 Å². The summed E-state index contributed by atoms with van der Waals surface area (Å²) in [5.74, 6) is 1.52. The van der Waals surface area contributed by atoms with Gasteiger partial charge in [-0.3, -0.25) is 4.79 Å². The molecule has 1 aliphatic rings. The third-order valence-corrected chi connectivity index (χ3v) is 6.18. The van der Waals surface area contributed by atoms with Crippen molar-refractivity contribution in [2.24, 2.45) is 0 Å². The summed E-state index contributed by atoms with van der Waals surface area (Å²) in [4.78, 5) is 16.9. The molecular weight excluding hydrogens is 424 g/mol. The summed E-state index contributed by atoms with van der Waals surface area (Å²) < 4.78 is 5.90. The highest BCUT2D eigenvalue weighted by Crippen LogP contribution is 2.26. The van der Waals surface area contributed by atoms with Crippen LogP contribution in [0.25, 0.3) is 11.3 Å². The molecule has 7 heteroatoms. The number of hydrogen-bond donors (Lipinski definition) is 0. The lowest BCUT2D eigenvalue weighted by atomic mass is 10.1. The molecule has 6 nitrogen and oxygen atoms in total. The molecule has 166 valence electrons. The molecule has 0 aliphatic carbocycles. The number of carbonyl (C=O) groups is 1. The molecule has 2 heterocycles. The zero-order chi connectivity index (χ0) is 22.7. The van der Waals surface area contributed by atoms with Crippen LogP contribution in [-0.2, 0) is 4.79 Å². The maximum atomic E-state index is 12.9. The Bertz CT molecular complexity index is 1100. The Morgan fingerprint density at radius 3 is 2.38 bits per heavy atom. The van der Waals surface area contributed by atoms with E-state index in [-0.39, 0.29) is 5.91 Å². The maximum absolute atomic E-state index is 12.9. The molecular formula is C25H27ClN4O2. The summed E-state index contributed by atoms with van der Waals surface area (Å²) in [5, 5.41) is 9.39. The molecule has 0 bridgehead atoms. The van der Waals surface area contributed by atoms with Gasteiger partial charge in [0.1, 0.15) is 5.75 Å². The fourth-order valence-corrected chi connectivity index (χ4v) is 3.99. The number of aromatic nitrogens is 2. The van der Waals surface area contributed by atoms with Crippen LogP contribution in [0.15, 0.2) is 54.6 Å². The van der Waals surface area contributed by atoms with E-state index in [0.29, 0.717) is 31.2 Å². The number of aryl methyl sites for hydroxylation is 2. The summed E-state index contributed by atoms with van der Waals surface area (Å²) in [6.45, 7) is 8.54. The van der Waals surface area contributed by atoms with Crippen LogP contribution in [0.4, 0.5) is 5.82 Å². The Morgan fingerprint density at radius 2 is 1.72 bits per heavy atom. The van der Waals surface area contributed by atoms with Crippen molar-refractivity contribution >= 4 is 23.3 Å². The average Bonchev–Trinajstić information content (AvgIpc) is 2.81. The first kappa shape index (κ1) is 22.1. The highest BCUT2D eigenvalue weighted by atomic mass is 35.5. The van der Waals surface area contributed by atoms with E-state index < -0.39 is 6.10 Å². The standard InChI is InChI=1S/C25H27ClN4O2/c1-17-8-9-20(16-18(17)2)32-19(3)25(31)30-14-12-29(13-15-30)24-11-10-23(27-28-24)21-6-4-5-7-22(21)26/h4-11,16,19H,12-15H2,1-3H3. The molecule has 4 rings (SSSR count). The van der Waals surface area contributed by atoms with Gasteiger partial charge in [-0.15, -0.1) is 10.2 Å². The first-order chi connectivity index (χ1) is 15.4. The van der Waals surface area contributed by atoms with Crippen LogP contribution >= 0.6 is 11.6 Å². The number of hydrogen-bond acceptors (Lipinski definition) is 5. The number of halogens is 1. The lowest BCUT2D eigenvalue weighted by Gasteiger charge is -2.36. The number of rotatable bonds is 5. The zero-order valence-electron chi connectivity index (χ0n) is 18.6. The van der Waals surface area contributed by atoms with Gasteiger partial charge in [0.05, 0.1) is 10.7 Å². The third kappa shape index (κ3) is 4.86. The van der Waals surface area contributed by atoms with Crippen molar-refractivity contribution in [1.82, 2.24) is 15.1 Å². The fourth-order valence-electron chi connectivity index (χ4n) is 3.76. The molecule has 1 saturated heterocycles. The van der Waals surface area contributed by atoms with Crippen LogP contribution in [0.1, 0.15) is 18.1 Å². The minimum absolute atomic E-state index is 0.00281. The molecule has 2 aromatic carbocycles. The Kier molecular flexibility index (Phi) is 6.61. The molecule has 1 unspecified atom stereocenters. The first-order valence-corrected chi connectivity index (χ1v) is 11.2. The van der Waals surface area contributed by atoms with E-state index in [9.17, 15) is 4.79 Å². The van der Waals surface area contributed by atoms with Crippen molar-refractivity contribution in [2.45, 2.75) is 26.9 Å². The van der Waals surface area contributed by atoms with Crippen molar-refractivity contribution < 1.29 is 9.53 Å². The molecule has 1 aromatic heterocycles. The highest BCUT2D eigenvalue weighted by Gasteiger charge is 2.26. The summed E-state index contributed by atoms with van der Waals surface area (Å²) in [5.41, 5.74) is 3.96. The van der Waals surface area contributed by atoms with Gasteiger partial charge >= 0.3 is 0 Å². The summed E-state index contributed by atoms with van der Waals surface area (Å²) in [6, 6.07) is 17.4. The van der Waals surface area contributed by atoms with Gasteiger partial charge in [-0.05, 0) is 62.2 Å². The van der Waals surface area contributed by atoms with E-state index in [1.807, 2.05) is 73.3 Å². The lowest BCUT2D eigenvalue weighted by Crippen LogP contribution is -2.52. The molecule has 0 saturated carbocycles. The molecule has 1 amide bonds. The zero-order valence-corrected chi connectivity index (χ0v) is 19.3. The van der Waals surface area contributed by atoms with Gasteiger partial charge in [-0.25, -0.2) is 0 Å². The van der Waals surface area contributed by atoms with Gasteiger partial charge in [0.15, 0.2) is 11.9 Å². The monoisotopic (exact) mass is 450 g/mol. The smallest absolute Gasteiger partial charge is 0.263 e. The van der Waals surface area contributed by atoms with Crippen LogP contribution in [0, 0.1) is 13.8 Å². The molecule has 32 heavy (non-hydrogen) atoms. The Balaban J connectivity index is 1.33. The van der Waals surface area contributed by atoms with Gasteiger partial charge in [0.25, 0.3) is 5.91 Å². The van der Waals surface area contributed by atoms with Gasteiger partial charge in [-0.2, -0.15) is 0 Å². The van der Waals surface area contributed by atoms with E-state index >= 15 is 0 Å². The largest absolute Gasteiger partial charge is 0.481 e. The second-order valence-electron chi connectivity index (χ2n) is 8.08. The average molecular weight is 451 g/mol. The summed E-state index contributed by atoms with van der Waals surface area (Å²) >= 11 is 6.26. The molecule has 0 N–H and O–H groups in total. The number of nitrogens with zero attached hydrogens (tertiary/aromatic N) is 4. The van der Waals surface area contributed by atoms with E-state index in [0.717, 1.165) is 28.4 Å². The first-order valence-electron chi connectivity index (χ1n) is 10.8. The molecule has 1 atom stereocenters. The van der Waals surface area contributed by atoms with E-state index in [4.69, 9.17) is 16.3 Å². The van der Waals surface area contributed by atoms with Gasteiger partial charge in [0.2, 0.25) is 0 Å².